The molecule has 2 heterocycles. The van der Waals surface area contributed by atoms with E-state index in [1.165, 1.54) is 0 Å². The standard InChI is InChI=1S/C18H32N2O3/c1-13(2)15(14(3)21)19-9-7-18(11-19)8-10-20(12-18)16(22)23-17(4,5)6/h13,15H,7-12H2,1-6H3/t15-,18-/m0/s1. The van der Waals surface area contributed by atoms with Crippen LogP contribution in [0.2, 0.25) is 0 Å². The fourth-order valence-electron chi connectivity index (χ4n) is 4.11. The van der Waals surface area contributed by atoms with Crippen molar-refractivity contribution in [2.45, 2.75) is 66.0 Å². The van der Waals surface area contributed by atoms with Gasteiger partial charge < -0.3 is 9.64 Å². The largest absolute Gasteiger partial charge is 0.444 e. The maximum atomic E-state index is 12.3. The molecule has 5 heteroatoms. The molecule has 0 aromatic carbocycles. The molecule has 2 aliphatic rings. The Kier molecular flexibility index (Phi) is 5.09. The number of ether oxygens (including phenoxy) is 1. The normalized spacial score (nSPS) is 27.0. The molecule has 2 saturated heterocycles. The van der Waals surface area contributed by atoms with Gasteiger partial charge in [-0.3, -0.25) is 9.69 Å². The van der Waals surface area contributed by atoms with Gasteiger partial charge in [-0.25, -0.2) is 4.79 Å². The van der Waals surface area contributed by atoms with Crippen LogP contribution in [-0.2, 0) is 9.53 Å². The number of ketones is 1. The van der Waals surface area contributed by atoms with Gasteiger partial charge in [-0.05, 0) is 53.0 Å². The highest BCUT2D eigenvalue weighted by Crippen LogP contribution is 2.41. The Bertz CT molecular complexity index is 469. The molecule has 132 valence electrons. The van der Waals surface area contributed by atoms with Gasteiger partial charge in [-0.2, -0.15) is 0 Å². The number of nitrogens with zero attached hydrogens (tertiary/aromatic N) is 2. The summed E-state index contributed by atoms with van der Waals surface area (Å²) >= 11 is 0. The average Bonchev–Trinajstić information content (AvgIpc) is 2.95. The van der Waals surface area contributed by atoms with E-state index in [1.807, 2.05) is 25.7 Å². The van der Waals surface area contributed by atoms with Crippen molar-refractivity contribution >= 4 is 11.9 Å². The molecular formula is C18H32N2O3. The van der Waals surface area contributed by atoms with Crippen LogP contribution in [0.15, 0.2) is 0 Å². The fraction of sp³-hybridized carbons (Fsp3) is 0.889. The van der Waals surface area contributed by atoms with Gasteiger partial charge in [-0.15, -0.1) is 0 Å². The monoisotopic (exact) mass is 324 g/mol. The second-order valence-corrected chi connectivity index (χ2v) is 8.67. The Hall–Kier alpha value is -1.10. The lowest BCUT2D eigenvalue weighted by molar-refractivity contribution is -0.123. The van der Waals surface area contributed by atoms with E-state index in [0.29, 0.717) is 5.92 Å². The van der Waals surface area contributed by atoms with Crippen LogP contribution in [0.3, 0.4) is 0 Å². The number of Topliss-reactive ketones (excluding diaryl/α,β-unsaturated/α-hetero) is 1. The van der Waals surface area contributed by atoms with E-state index in [1.54, 1.807) is 6.92 Å². The number of rotatable bonds is 3. The maximum Gasteiger partial charge on any atom is 0.410 e. The quantitative estimate of drug-likeness (QED) is 0.801. The summed E-state index contributed by atoms with van der Waals surface area (Å²) in [5, 5.41) is 0. The SMILES string of the molecule is CC(=O)[C@H](C(C)C)N1CC[C@]2(CCN(C(=O)OC(C)(C)C)C2)C1. The van der Waals surface area contributed by atoms with Crippen molar-refractivity contribution in [2.75, 3.05) is 26.2 Å². The molecule has 0 N–H and O–H groups in total. The third-order valence-corrected chi connectivity index (χ3v) is 5.00. The van der Waals surface area contributed by atoms with Gasteiger partial charge >= 0.3 is 6.09 Å². The highest BCUT2D eigenvalue weighted by atomic mass is 16.6. The first-order valence-electron chi connectivity index (χ1n) is 8.75. The number of hydrogen-bond donors (Lipinski definition) is 0. The Morgan fingerprint density at radius 2 is 1.70 bits per heavy atom. The number of hydrogen-bond acceptors (Lipinski definition) is 4. The molecule has 2 atom stereocenters. The van der Waals surface area contributed by atoms with E-state index in [4.69, 9.17) is 4.74 Å². The average molecular weight is 324 g/mol. The topological polar surface area (TPSA) is 49.9 Å². The van der Waals surface area contributed by atoms with E-state index >= 15 is 0 Å². The summed E-state index contributed by atoms with van der Waals surface area (Å²) in [6, 6.07) is 0.00458. The minimum absolute atomic E-state index is 0.00458. The van der Waals surface area contributed by atoms with Crippen LogP contribution in [0.5, 0.6) is 0 Å². The van der Waals surface area contributed by atoms with E-state index in [-0.39, 0.29) is 23.3 Å². The predicted molar refractivity (Wildman–Crippen MR) is 90.4 cm³/mol. The van der Waals surface area contributed by atoms with Crippen molar-refractivity contribution in [1.82, 2.24) is 9.80 Å². The van der Waals surface area contributed by atoms with Crippen LogP contribution in [-0.4, -0.2) is 59.5 Å². The molecule has 0 bridgehead atoms. The Balaban J connectivity index is 1.98. The van der Waals surface area contributed by atoms with Crippen LogP contribution in [0, 0.1) is 11.3 Å². The maximum absolute atomic E-state index is 12.3. The number of carbonyl (C=O) groups excluding carboxylic acids is 2. The molecule has 0 aliphatic carbocycles. The van der Waals surface area contributed by atoms with Gasteiger partial charge in [0.15, 0.2) is 0 Å². The van der Waals surface area contributed by atoms with Crippen molar-refractivity contribution in [1.29, 1.82) is 0 Å². The van der Waals surface area contributed by atoms with Crippen LogP contribution >= 0.6 is 0 Å². The van der Waals surface area contributed by atoms with Gasteiger partial charge in [-0.1, -0.05) is 13.8 Å². The molecule has 2 rings (SSSR count). The van der Waals surface area contributed by atoms with Gasteiger partial charge in [0.1, 0.15) is 11.4 Å². The summed E-state index contributed by atoms with van der Waals surface area (Å²) in [5.41, 5.74) is -0.314. The van der Waals surface area contributed by atoms with E-state index in [0.717, 1.165) is 39.0 Å². The van der Waals surface area contributed by atoms with Crippen LogP contribution < -0.4 is 0 Å². The molecule has 0 radical (unpaired) electrons. The molecule has 0 saturated carbocycles. The lowest BCUT2D eigenvalue weighted by atomic mass is 9.86. The van der Waals surface area contributed by atoms with Crippen molar-refractivity contribution in [3.05, 3.63) is 0 Å². The highest BCUT2D eigenvalue weighted by molar-refractivity contribution is 5.81. The first-order valence-corrected chi connectivity index (χ1v) is 8.75. The number of amides is 1. The van der Waals surface area contributed by atoms with E-state index < -0.39 is 5.60 Å². The molecule has 23 heavy (non-hydrogen) atoms. The molecule has 0 aromatic rings. The first kappa shape index (κ1) is 18.2. The third kappa shape index (κ3) is 4.25. The number of likely N-dealkylation sites (tertiary alicyclic amines) is 2. The second kappa shape index (κ2) is 6.42. The molecule has 1 amide bonds. The van der Waals surface area contributed by atoms with Gasteiger partial charge in [0.25, 0.3) is 0 Å². The van der Waals surface area contributed by atoms with Gasteiger partial charge in [0.2, 0.25) is 0 Å². The molecule has 1 spiro atoms. The molecule has 0 unspecified atom stereocenters. The lowest BCUT2D eigenvalue weighted by Crippen LogP contribution is -2.44. The van der Waals surface area contributed by atoms with E-state index in [2.05, 4.69) is 18.7 Å². The lowest BCUT2D eigenvalue weighted by Gasteiger charge is -2.31. The minimum Gasteiger partial charge on any atom is -0.444 e. The highest BCUT2D eigenvalue weighted by Gasteiger charge is 2.47. The molecule has 2 fully saturated rings. The first-order chi connectivity index (χ1) is 10.5. The minimum atomic E-state index is -0.452. The summed E-state index contributed by atoms with van der Waals surface area (Å²) in [6.45, 7) is 15.0. The summed E-state index contributed by atoms with van der Waals surface area (Å²) in [7, 11) is 0. The van der Waals surface area contributed by atoms with Crippen LogP contribution in [0.1, 0.15) is 54.4 Å². The summed E-state index contributed by atoms with van der Waals surface area (Å²) < 4.78 is 5.49. The van der Waals surface area contributed by atoms with Crippen LogP contribution in [0.25, 0.3) is 0 Å². The Morgan fingerprint density at radius 1 is 1.09 bits per heavy atom. The van der Waals surface area contributed by atoms with Crippen LogP contribution in [0.4, 0.5) is 4.79 Å². The fourth-order valence-corrected chi connectivity index (χ4v) is 4.11. The molecule has 5 nitrogen and oxygen atoms in total. The zero-order valence-corrected chi connectivity index (χ0v) is 15.5. The van der Waals surface area contributed by atoms with Crippen molar-refractivity contribution < 1.29 is 14.3 Å². The number of carbonyl (C=O) groups is 2. The van der Waals surface area contributed by atoms with Gasteiger partial charge in [0, 0.05) is 25.0 Å². The van der Waals surface area contributed by atoms with Crippen molar-refractivity contribution in [2.24, 2.45) is 11.3 Å². The van der Waals surface area contributed by atoms with Crippen molar-refractivity contribution in [3.8, 4) is 0 Å². The van der Waals surface area contributed by atoms with E-state index in [9.17, 15) is 9.59 Å². The molecule has 2 aliphatic heterocycles. The second-order valence-electron chi connectivity index (χ2n) is 8.67. The summed E-state index contributed by atoms with van der Waals surface area (Å²) in [4.78, 5) is 28.4. The zero-order chi connectivity index (χ0) is 17.4. The summed E-state index contributed by atoms with van der Waals surface area (Å²) in [5.74, 6) is 0.574. The van der Waals surface area contributed by atoms with Gasteiger partial charge in [0.05, 0.1) is 6.04 Å². The Labute approximate surface area is 140 Å². The smallest absolute Gasteiger partial charge is 0.410 e. The summed E-state index contributed by atoms with van der Waals surface area (Å²) in [6.07, 6.45) is 1.86. The Morgan fingerprint density at radius 3 is 2.22 bits per heavy atom. The zero-order valence-electron chi connectivity index (χ0n) is 15.5. The third-order valence-electron chi connectivity index (χ3n) is 5.00. The molecular weight excluding hydrogens is 292 g/mol. The molecule has 0 aromatic heterocycles. The van der Waals surface area contributed by atoms with Crippen molar-refractivity contribution in [3.63, 3.8) is 0 Å². The predicted octanol–water partition coefficient (Wildman–Crippen LogP) is 2.93.